The highest BCUT2D eigenvalue weighted by molar-refractivity contribution is 5.46. The second kappa shape index (κ2) is 2.07. The summed E-state index contributed by atoms with van der Waals surface area (Å²) in [7, 11) is 0. The molecule has 1 aromatic carbocycles. The van der Waals surface area contributed by atoms with Gasteiger partial charge in [0.15, 0.2) is 0 Å². The van der Waals surface area contributed by atoms with E-state index in [0.717, 1.165) is 35.5 Å². The molecule has 0 saturated heterocycles. The minimum absolute atomic E-state index is 0.871. The fourth-order valence-corrected chi connectivity index (χ4v) is 4.42. The highest BCUT2D eigenvalue weighted by atomic mass is 14.8. The zero-order valence-corrected chi connectivity index (χ0v) is 8.64. The first-order valence-electron chi connectivity index (χ1n) is 6.21. The van der Waals surface area contributed by atoms with Crippen molar-refractivity contribution in [2.24, 2.45) is 29.6 Å². The Labute approximate surface area is 90.0 Å². The zero-order chi connectivity index (χ0) is 9.57. The van der Waals surface area contributed by atoms with Crippen LogP contribution in [0, 0.1) is 29.6 Å². The van der Waals surface area contributed by atoms with Crippen molar-refractivity contribution in [3.05, 3.63) is 47.5 Å². The number of allylic oxidation sites excluding steroid dienone is 2. The van der Waals surface area contributed by atoms with E-state index in [-0.39, 0.29) is 0 Å². The largest absolute Gasteiger partial charge is 0.0813 e. The summed E-state index contributed by atoms with van der Waals surface area (Å²) >= 11 is 0. The maximum Gasteiger partial charge on any atom is -0.00561 e. The molecule has 15 heavy (non-hydrogen) atoms. The van der Waals surface area contributed by atoms with Crippen molar-refractivity contribution < 1.29 is 0 Å². The van der Waals surface area contributed by atoms with Gasteiger partial charge in [0.1, 0.15) is 0 Å². The molecule has 0 amide bonds. The Bertz CT molecular complexity index is 460. The highest BCUT2D eigenvalue weighted by Crippen LogP contribution is 2.83. The van der Waals surface area contributed by atoms with E-state index in [0.29, 0.717) is 0 Å². The monoisotopic (exact) mass is 194 g/mol. The van der Waals surface area contributed by atoms with Crippen molar-refractivity contribution in [2.75, 3.05) is 0 Å². The summed E-state index contributed by atoms with van der Waals surface area (Å²) in [5.74, 6) is 6.30. The van der Waals surface area contributed by atoms with Crippen LogP contribution in [0.1, 0.15) is 17.9 Å². The van der Waals surface area contributed by atoms with Gasteiger partial charge in [0.05, 0.1) is 0 Å². The van der Waals surface area contributed by atoms with Gasteiger partial charge < -0.3 is 0 Å². The van der Waals surface area contributed by atoms with E-state index < -0.39 is 0 Å². The van der Waals surface area contributed by atoms with E-state index in [1.54, 1.807) is 5.56 Å². The van der Waals surface area contributed by atoms with Gasteiger partial charge in [-0.2, -0.15) is 0 Å². The van der Waals surface area contributed by atoms with Gasteiger partial charge >= 0.3 is 0 Å². The third kappa shape index (κ3) is 0.706. The van der Waals surface area contributed by atoms with Crippen LogP contribution in [-0.4, -0.2) is 0 Å². The average Bonchev–Trinajstić information content (AvgIpc) is 3.11. The third-order valence-corrected chi connectivity index (χ3v) is 5.31. The van der Waals surface area contributed by atoms with Gasteiger partial charge in [0.25, 0.3) is 0 Å². The summed E-state index contributed by atoms with van der Waals surface area (Å²) in [6, 6.07) is 11.2. The van der Waals surface area contributed by atoms with Crippen molar-refractivity contribution in [1.29, 1.82) is 0 Å². The van der Waals surface area contributed by atoms with E-state index in [9.17, 15) is 0 Å². The lowest BCUT2D eigenvalue weighted by Gasteiger charge is -2.46. The van der Waals surface area contributed by atoms with Crippen molar-refractivity contribution in [1.82, 2.24) is 0 Å². The van der Waals surface area contributed by atoms with E-state index in [1.165, 1.54) is 6.42 Å². The van der Waals surface area contributed by atoms with Crippen LogP contribution in [0.25, 0.3) is 0 Å². The predicted molar refractivity (Wildman–Crippen MR) is 59.3 cm³/mol. The average molecular weight is 194 g/mol. The van der Waals surface area contributed by atoms with Gasteiger partial charge in [-0.15, -0.1) is 0 Å². The zero-order valence-electron chi connectivity index (χ0n) is 8.64. The molecule has 0 nitrogen and oxygen atoms in total. The van der Waals surface area contributed by atoms with Crippen LogP contribution in [0.15, 0.2) is 42.0 Å². The van der Waals surface area contributed by atoms with Crippen LogP contribution >= 0.6 is 0 Å². The lowest BCUT2D eigenvalue weighted by Crippen LogP contribution is -2.35. The standard InChI is InChI=1S/C15H14/c1-2-4-8(5-3-1)10-6-9-7-11-13-14(11)15(13)12(9)10/h1-5,7,10-15H,6H2/t10-,11?,12-,13+,14?,15?/m1/s1. The molecular formula is C15H14. The van der Waals surface area contributed by atoms with Crippen LogP contribution in [0.5, 0.6) is 0 Å². The summed E-state index contributed by atoms with van der Waals surface area (Å²) in [6.07, 6.45) is 3.99. The summed E-state index contributed by atoms with van der Waals surface area (Å²) in [6.45, 7) is 0. The second-order valence-corrected chi connectivity index (χ2v) is 5.80. The van der Waals surface area contributed by atoms with Crippen molar-refractivity contribution in [3.63, 3.8) is 0 Å². The normalized spacial score (nSPS) is 52.1. The Kier molecular flexibility index (Phi) is 1.00. The molecule has 0 radical (unpaired) electrons. The lowest BCUT2D eigenvalue weighted by molar-refractivity contribution is 0.241. The molecule has 0 N–H and O–H groups in total. The topological polar surface area (TPSA) is 0 Å². The molecule has 2 bridgehead atoms. The highest BCUT2D eigenvalue weighted by Gasteiger charge is 2.78. The molecule has 6 rings (SSSR count). The van der Waals surface area contributed by atoms with Crippen molar-refractivity contribution in [2.45, 2.75) is 12.3 Å². The van der Waals surface area contributed by atoms with Crippen LogP contribution in [-0.2, 0) is 0 Å². The second-order valence-electron chi connectivity index (χ2n) is 5.80. The van der Waals surface area contributed by atoms with E-state index >= 15 is 0 Å². The molecular weight excluding hydrogens is 180 g/mol. The van der Waals surface area contributed by atoms with E-state index in [4.69, 9.17) is 0 Å². The van der Waals surface area contributed by atoms with Crippen LogP contribution in [0.2, 0.25) is 0 Å². The molecule has 74 valence electrons. The molecule has 5 aliphatic carbocycles. The van der Waals surface area contributed by atoms with Gasteiger partial charge in [-0.1, -0.05) is 42.0 Å². The molecule has 3 unspecified atom stereocenters. The van der Waals surface area contributed by atoms with Gasteiger partial charge in [0, 0.05) is 0 Å². The molecule has 3 saturated carbocycles. The van der Waals surface area contributed by atoms with Crippen LogP contribution in [0.3, 0.4) is 0 Å². The smallest absolute Gasteiger partial charge is 0.00561 e. The SMILES string of the molecule is C1=C2C[C@H](c3ccccc3)[C@@H]2C2C3C1[C@@H]32. The first-order valence-corrected chi connectivity index (χ1v) is 6.21. The van der Waals surface area contributed by atoms with E-state index in [1.807, 2.05) is 5.57 Å². The Balaban J connectivity index is 1.54. The molecule has 0 spiro atoms. The number of hydrogen-bond acceptors (Lipinski definition) is 0. The minimum Gasteiger partial charge on any atom is -0.0813 e. The minimum atomic E-state index is 0.871. The summed E-state index contributed by atoms with van der Waals surface area (Å²) in [5, 5.41) is 0. The Hall–Kier alpha value is -1.04. The molecule has 0 heteroatoms. The van der Waals surface area contributed by atoms with Crippen LogP contribution in [0.4, 0.5) is 0 Å². The number of benzene rings is 1. The molecule has 1 aromatic rings. The molecule has 0 aromatic heterocycles. The maximum atomic E-state index is 2.62. The quantitative estimate of drug-likeness (QED) is 0.602. The summed E-state index contributed by atoms with van der Waals surface area (Å²) in [5.41, 5.74) is 3.40. The maximum absolute atomic E-state index is 2.62. The number of rotatable bonds is 1. The van der Waals surface area contributed by atoms with Gasteiger partial charge in [-0.3, -0.25) is 0 Å². The van der Waals surface area contributed by atoms with Crippen LogP contribution < -0.4 is 0 Å². The summed E-state index contributed by atoms with van der Waals surface area (Å²) in [4.78, 5) is 0. The molecule has 6 atom stereocenters. The predicted octanol–water partition coefficient (Wildman–Crippen LogP) is 3.22. The van der Waals surface area contributed by atoms with Crippen molar-refractivity contribution in [3.8, 4) is 0 Å². The molecule has 5 aliphatic rings. The summed E-state index contributed by atoms with van der Waals surface area (Å²) < 4.78 is 0. The Morgan fingerprint density at radius 3 is 2.53 bits per heavy atom. The Morgan fingerprint density at radius 2 is 1.73 bits per heavy atom. The Morgan fingerprint density at radius 1 is 0.933 bits per heavy atom. The van der Waals surface area contributed by atoms with Gasteiger partial charge in [-0.05, 0) is 47.5 Å². The molecule has 0 aliphatic heterocycles. The first kappa shape index (κ1) is 7.27. The first-order chi connectivity index (χ1) is 7.45. The number of hydrogen-bond donors (Lipinski definition) is 0. The van der Waals surface area contributed by atoms with Crippen molar-refractivity contribution >= 4 is 0 Å². The fourth-order valence-electron chi connectivity index (χ4n) is 4.42. The van der Waals surface area contributed by atoms with E-state index in [2.05, 4.69) is 36.4 Å². The molecule has 3 fully saturated rings. The van der Waals surface area contributed by atoms with Gasteiger partial charge in [-0.25, -0.2) is 0 Å². The third-order valence-electron chi connectivity index (χ3n) is 5.31. The lowest BCUT2D eigenvalue weighted by atomic mass is 9.58. The fraction of sp³-hybridized carbons (Fsp3) is 0.467. The molecule has 0 heterocycles. The van der Waals surface area contributed by atoms with Gasteiger partial charge in [0.2, 0.25) is 0 Å².